The van der Waals surface area contributed by atoms with Crippen LogP contribution in [-0.4, -0.2) is 28.5 Å². The number of hydrogen-bond acceptors (Lipinski definition) is 4. The van der Waals surface area contributed by atoms with Gasteiger partial charge in [-0.1, -0.05) is 40.9 Å². The van der Waals surface area contributed by atoms with Crippen LogP contribution in [0.25, 0.3) is 0 Å². The van der Waals surface area contributed by atoms with E-state index in [0.29, 0.717) is 11.4 Å². The molecule has 0 unspecified atom stereocenters. The predicted molar refractivity (Wildman–Crippen MR) is 124 cm³/mol. The summed E-state index contributed by atoms with van der Waals surface area (Å²) in [6.07, 6.45) is 0. The standard InChI is InChI=1S/C21H17Cl3N2O4S/c1-26(13-6-8-14(30-2)9-7-13)31(28,29)15-10-11-17(22)16(12-15)21(27)25-19-5-3-4-18(23)20(19)24/h3-12H,1-2H3,(H,25,27). The second-order valence-electron chi connectivity index (χ2n) is 6.37. The molecule has 0 aliphatic rings. The molecular formula is C21H17Cl3N2O4S. The highest BCUT2D eigenvalue weighted by molar-refractivity contribution is 7.92. The SMILES string of the molecule is COc1ccc(N(C)S(=O)(=O)c2ccc(Cl)c(C(=O)Nc3cccc(Cl)c3Cl)c2)cc1. The van der Waals surface area contributed by atoms with Gasteiger partial charge >= 0.3 is 0 Å². The normalized spacial score (nSPS) is 11.1. The van der Waals surface area contributed by atoms with Crippen molar-refractivity contribution < 1.29 is 17.9 Å². The van der Waals surface area contributed by atoms with Crippen LogP contribution < -0.4 is 14.4 Å². The Kier molecular flexibility index (Phi) is 7.01. The number of carbonyl (C=O) groups is 1. The van der Waals surface area contributed by atoms with Crippen molar-refractivity contribution in [3.05, 3.63) is 81.3 Å². The van der Waals surface area contributed by atoms with Gasteiger partial charge in [-0.3, -0.25) is 9.10 Å². The van der Waals surface area contributed by atoms with Crippen molar-refractivity contribution in [2.45, 2.75) is 4.90 Å². The molecule has 0 saturated heterocycles. The largest absolute Gasteiger partial charge is 0.497 e. The van der Waals surface area contributed by atoms with Gasteiger partial charge in [-0.15, -0.1) is 0 Å². The minimum Gasteiger partial charge on any atom is -0.497 e. The molecule has 162 valence electrons. The van der Waals surface area contributed by atoms with Gasteiger partial charge < -0.3 is 10.1 Å². The smallest absolute Gasteiger partial charge is 0.264 e. The Morgan fingerprint density at radius 2 is 1.65 bits per heavy atom. The number of nitrogens with zero attached hydrogens (tertiary/aromatic N) is 1. The van der Waals surface area contributed by atoms with Crippen molar-refractivity contribution in [2.24, 2.45) is 0 Å². The van der Waals surface area contributed by atoms with E-state index in [4.69, 9.17) is 39.5 Å². The van der Waals surface area contributed by atoms with E-state index >= 15 is 0 Å². The first-order chi connectivity index (χ1) is 14.6. The number of amides is 1. The van der Waals surface area contributed by atoms with Gasteiger partial charge in [0.25, 0.3) is 15.9 Å². The molecule has 10 heteroatoms. The average Bonchev–Trinajstić information content (AvgIpc) is 2.76. The Labute approximate surface area is 195 Å². The van der Waals surface area contributed by atoms with Crippen molar-refractivity contribution in [1.82, 2.24) is 0 Å². The molecule has 0 fully saturated rings. The summed E-state index contributed by atoms with van der Waals surface area (Å²) in [7, 11) is -1.03. The zero-order chi connectivity index (χ0) is 22.8. The van der Waals surface area contributed by atoms with Gasteiger partial charge in [0.2, 0.25) is 0 Å². The first kappa shape index (κ1) is 23.2. The summed E-state index contributed by atoms with van der Waals surface area (Å²) < 4.78 is 32.4. The Bertz CT molecular complexity index is 1230. The maximum Gasteiger partial charge on any atom is 0.264 e. The number of benzene rings is 3. The number of hydrogen-bond donors (Lipinski definition) is 1. The molecule has 6 nitrogen and oxygen atoms in total. The van der Waals surface area contributed by atoms with Gasteiger partial charge in [-0.25, -0.2) is 8.42 Å². The van der Waals surface area contributed by atoms with E-state index in [-0.39, 0.29) is 31.2 Å². The van der Waals surface area contributed by atoms with Crippen LogP contribution in [0.15, 0.2) is 65.6 Å². The number of anilines is 2. The van der Waals surface area contributed by atoms with E-state index in [9.17, 15) is 13.2 Å². The minimum absolute atomic E-state index is 0.0260. The number of halogens is 3. The third-order valence-corrected chi connectivity index (χ3v) is 7.41. The summed E-state index contributed by atoms with van der Waals surface area (Å²) in [6.45, 7) is 0. The van der Waals surface area contributed by atoms with E-state index in [1.807, 2.05) is 0 Å². The molecule has 0 radical (unpaired) electrons. The first-order valence-electron chi connectivity index (χ1n) is 8.83. The van der Waals surface area contributed by atoms with Crippen molar-refractivity contribution in [1.29, 1.82) is 0 Å². The molecule has 31 heavy (non-hydrogen) atoms. The summed E-state index contributed by atoms with van der Waals surface area (Å²) in [5.41, 5.74) is 0.674. The Balaban J connectivity index is 1.93. The number of methoxy groups -OCH3 is 1. The van der Waals surface area contributed by atoms with Gasteiger partial charge in [0, 0.05) is 7.05 Å². The Morgan fingerprint density at radius 3 is 2.29 bits per heavy atom. The van der Waals surface area contributed by atoms with Crippen LogP contribution in [0.5, 0.6) is 5.75 Å². The zero-order valence-corrected chi connectivity index (χ0v) is 19.5. The van der Waals surface area contributed by atoms with Crippen LogP contribution in [0.2, 0.25) is 15.1 Å². The molecule has 0 saturated carbocycles. The molecule has 3 aromatic carbocycles. The molecule has 3 rings (SSSR count). The van der Waals surface area contributed by atoms with Crippen molar-refractivity contribution in [3.63, 3.8) is 0 Å². The Morgan fingerprint density at radius 1 is 0.968 bits per heavy atom. The fourth-order valence-electron chi connectivity index (χ4n) is 2.72. The van der Waals surface area contributed by atoms with Gasteiger partial charge in [0.15, 0.2) is 0 Å². The molecular weight excluding hydrogens is 483 g/mol. The minimum atomic E-state index is -3.97. The number of sulfonamides is 1. The fraction of sp³-hybridized carbons (Fsp3) is 0.0952. The molecule has 0 atom stereocenters. The lowest BCUT2D eigenvalue weighted by Crippen LogP contribution is -2.27. The summed E-state index contributed by atoms with van der Waals surface area (Å²) >= 11 is 18.2. The molecule has 0 spiro atoms. The van der Waals surface area contributed by atoms with E-state index in [2.05, 4.69) is 5.32 Å². The highest BCUT2D eigenvalue weighted by Gasteiger charge is 2.24. The third-order valence-electron chi connectivity index (χ3n) is 4.48. The summed E-state index contributed by atoms with van der Waals surface area (Å²) in [5.74, 6) is -0.0296. The molecule has 0 aliphatic heterocycles. The van der Waals surface area contributed by atoms with Crippen molar-refractivity contribution in [3.8, 4) is 5.75 Å². The third kappa shape index (κ3) is 4.91. The molecule has 0 bridgehead atoms. The highest BCUT2D eigenvalue weighted by Crippen LogP contribution is 2.31. The van der Waals surface area contributed by atoms with E-state index in [0.717, 1.165) is 4.31 Å². The van der Waals surface area contributed by atoms with Gasteiger partial charge in [-0.05, 0) is 54.6 Å². The van der Waals surface area contributed by atoms with Crippen molar-refractivity contribution >= 4 is 62.1 Å². The zero-order valence-electron chi connectivity index (χ0n) is 16.4. The maximum absolute atomic E-state index is 13.1. The predicted octanol–water partition coefficient (Wildman–Crippen LogP) is 5.73. The average molecular weight is 500 g/mol. The second kappa shape index (κ2) is 9.36. The number of rotatable bonds is 6. The molecule has 0 aliphatic carbocycles. The molecule has 3 aromatic rings. The molecule has 0 aromatic heterocycles. The maximum atomic E-state index is 13.1. The lowest BCUT2D eigenvalue weighted by Gasteiger charge is -2.20. The van der Waals surface area contributed by atoms with E-state index in [1.54, 1.807) is 42.5 Å². The van der Waals surface area contributed by atoms with Crippen LogP contribution in [0.3, 0.4) is 0 Å². The number of carbonyl (C=O) groups excluding carboxylic acids is 1. The monoisotopic (exact) mass is 498 g/mol. The number of nitrogens with one attached hydrogen (secondary N) is 1. The lowest BCUT2D eigenvalue weighted by molar-refractivity contribution is 0.102. The first-order valence-corrected chi connectivity index (χ1v) is 11.4. The van der Waals surface area contributed by atoms with E-state index in [1.165, 1.54) is 32.4 Å². The number of ether oxygens (including phenoxy) is 1. The van der Waals surface area contributed by atoms with Gasteiger partial charge in [0.05, 0.1) is 44.0 Å². The topological polar surface area (TPSA) is 75.7 Å². The van der Waals surface area contributed by atoms with Crippen LogP contribution in [0, 0.1) is 0 Å². The lowest BCUT2D eigenvalue weighted by atomic mass is 10.2. The molecule has 1 N–H and O–H groups in total. The molecule has 1 amide bonds. The van der Waals surface area contributed by atoms with E-state index < -0.39 is 15.9 Å². The Hall–Kier alpha value is -2.45. The van der Waals surface area contributed by atoms with Crippen LogP contribution >= 0.6 is 34.8 Å². The summed E-state index contributed by atoms with van der Waals surface area (Å²) in [6, 6.07) is 15.2. The second-order valence-corrected chi connectivity index (χ2v) is 9.53. The summed E-state index contributed by atoms with van der Waals surface area (Å²) in [5, 5.41) is 3.11. The molecule has 0 heterocycles. The van der Waals surface area contributed by atoms with Crippen LogP contribution in [0.1, 0.15) is 10.4 Å². The van der Waals surface area contributed by atoms with Crippen molar-refractivity contribution in [2.75, 3.05) is 23.8 Å². The quantitative estimate of drug-likeness (QED) is 0.470. The highest BCUT2D eigenvalue weighted by atomic mass is 35.5. The van der Waals surface area contributed by atoms with Gasteiger partial charge in [0.1, 0.15) is 5.75 Å². The van der Waals surface area contributed by atoms with Gasteiger partial charge in [-0.2, -0.15) is 0 Å². The summed E-state index contributed by atoms with van der Waals surface area (Å²) in [4.78, 5) is 12.7. The van der Waals surface area contributed by atoms with Crippen LogP contribution in [-0.2, 0) is 10.0 Å². The fourth-order valence-corrected chi connectivity index (χ4v) is 4.49. The van der Waals surface area contributed by atoms with Crippen LogP contribution in [0.4, 0.5) is 11.4 Å².